The number of aromatic nitrogens is 2. The number of aromatic amines is 1. The quantitative estimate of drug-likeness (QED) is 0.717. The number of H-pyrrole nitrogens is 1. The molecule has 0 aliphatic heterocycles. The van der Waals surface area contributed by atoms with Crippen LogP contribution >= 0.6 is 11.6 Å². The van der Waals surface area contributed by atoms with Crippen molar-refractivity contribution in [2.45, 2.75) is 0 Å². The van der Waals surface area contributed by atoms with E-state index >= 15 is 0 Å². The van der Waals surface area contributed by atoms with Crippen molar-refractivity contribution in [3.63, 3.8) is 0 Å². The number of nitriles is 1. The van der Waals surface area contributed by atoms with E-state index in [9.17, 15) is 4.91 Å². The van der Waals surface area contributed by atoms with Crippen LogP contribution in [0.25, 0.3) is 22.4 Å². The lowest BCUT2D eigenvalue weighted by molar-refractivity contribution is 1.33. The van der Waals surface area contributed by atoms with Crippen molar-refractivity contribution in [2.24, 2.45) is 5.18 Å². The fourth-order valence-corrected chi connectivity index (χ4v) is 2.16. The first-order valence-corrected chi connectivity index (χ1v) is 6.12. The molecule has 1 N–H and O–H groups in total. The lowest BCUT2D eigenvalue weighted by Crippen LogP contribution is -1.81. The third-order valence-corrected chi connectivity index (χ3v) is 3.25. The second-order valence-electron chi connectivity index (χ2n) is 4.18. The largest absolute Gasteiger partial charge is 0.338 e. The third kappa shape index (κ3) is 2.02. The number of hydrogen-bond donors (Lipinski definition) is 1. The minimum absolute atomic E-state index is 0.280. The van der Waals surface area contributed by atoms with Gasteiger partial charge in [-0.05, 0) is 41.6 Å². The van der Waals surface area contributed by atoms with Crippen molar-refractivity contribution < 1.29 is 0 Å². The molecular formula is C14H7ClN4O. The van der Waals surface area contributed by atoms with Crippen LogP contribution in [0.2, 0.25) is 5.02 Å². The molecule has 5 nitrogen and oxygen atoms in total. The molecule has 3 rings (SSSR count). The zero-order valence-electron chi connectivity index (χ0n) is 10.1. The fourth-order valence-electron chi connectivity index (χ4n) is 1.95. The van der Waals surface area contributed by atoms with Gasteiger partial charge in [-0.25, -0.2) is 4.98 Å². The fraction of sp³-hybridized carbons (Fsp3) is 0. The number of fused-ring (bicyclic) bond motifs is 1. The van der Waals surface area contributed by atoms with Gasteiger partial charge in [-0.2, -0.15) is 5.26 Å². The summed E-state index contributed by atoms with van der Waals surface area (Å²) in [5.74, 6) is 0.533. The van der Waals surface area contributed by atoms with Crippen molar-refractivity contribution in [3.05, 3.63) is 51.9 Å². The summed E-state index contributed by atoms with van der Waals surface area (Å²) in [7, 11) is 0. The SMILES string of the molecule is N#Cc1ccc2[nH]c(-c3cc(N=O)ccc3Cl)nc2c1. The van der Waals surface area contributed by atoms with Crippen LogP contribution in [0.4, 0.5) is 5.69 Å². The molecule has 1 heterocycles. The van der Waals surface area contributed by atoms with Crippen LogP contribution in [0.3, 0.4) is 0 Å². The van der Waals surface area contributed by atoms with Crippen molar-refractivity contribution in [1.82, 2.24) is 9.97 Å². The maximum absolute atomic E-state index is 10.6. The molecule has 2 aromatic carbocycles. The molecule has 0 spiro atoms. The summed E-state index contributed by atoms with van der Waals surface area (Å²) < 4.78 is 0. The molecule has 0 atom stereocenters. The number of nitrogens with one attached hydrogen (secondary N) is 1. The number of imidazole rings is 1. The number of nitrogens with zero attached hydrogens (tertiary/aromatic N) is 3. The molecule has 0 aliphatic carbocycles. The predicted molar refractivity (Wildman–Crippen MR) is 76.7 cm³/mol. The van der Waals surface area contributed by atoms with Crippen molar-refractivity contribution in [1.29, 1.82) is 5.26 Å². The lowest BCUT2D eigenvalue weighted by atomic mass is 10.2. The second-order valence-corrected chi connectivity index (χ2v) is 4.59. The molecular weight excluding hydrogens is 276 g/mol. The van der Waals surface area contributed by atoms with Crippen LogP contribution in [0.15, 0.2) is 41.6 Å². The first-order valence-electron chi connectivity index (χ1n) is 5.74. The number of halogens is 1. The van der Waals surface area contributed by atoms with E-state index in [0.29, 0.717) is 27.5 Å². The Hall–Kier alpha value is -2.71. The average Bonchev–Trinajstić information content (AvgIpc) is 2.90. The van der Waals surface area contributed by atoms with Gasteiger partial charge in [0.2, 0.25) is 0 Å². The van der Waals surface area contributed by atoms with Crippen molar-refractivity contribution >= 4 is 28.3 Å². The molecule has 0 fully saturated rings. The van der Waals surface area contributed by atoms with Crippen LogP contribution < -0.4 is 0 Å². The maximum Gasteiger partial charge on any atom is 0.140 e. The van der Waals surface area contributed by atoms with Crippen LogP contribution in [0.1, 0.15) is 5.56 Å². The average molecular weight is 283 g/mol. The summed E-state index contributed by atoms with van der Waals surface area (Å²) in [5.41, 5.74) is 2.87. The smallest absolute Gasteiger partial charge is 0.140 e. The molecule has 1 aromatic heterocycles. The Labute approximate surface area is 118 Å². The normalized spacial score (nSPS) is 10.4. The Morgan fingerprint density at radius 1 is 1.25 bits per heavy atom. The molecule has 0 radical (unpaired) electrons. The highest BCUT2D eigenvalue weighted by atomic mass is 35.5. The first kappa shape index (κ1) is 12.3. The summed E-state index contributed by atoms with van der Waals surface area (Å²) in [4.78, 5) is 18.1. The van der Waals surface area contributed by atoms with Crippen LogP contribution in [0.5, 0.6) is 0 Å². The summed E-state index contributed by atoms with van der Waals surface area (Å²) in [5, 5.41) is 12.2. The van der Waals surface area contributed by atoms with Crippen molar-refractivity contribution in [2.75, 3.05) is 0 Å². The van der Waals surface area contributed by atoms with Gasteiger partial charge in [0.1, 0.15) is 11.5 Å². The zero-order chi connectivity index (χ0) is 14.1. The summed E-state index contributed by atoms with van der Waals surface area (Å²) in [6, 6.07) is 11.9. The Morgan fingerprint density at radius 3 is 2.85 bits per heavy atom. The highest BCUT2D eigenvalue weighted by Crippen LogP contribution is 2.31. The Balaban J connectivity index is 2.20. The molecule has 0 unspecified atom stereocenters. The molecule has 3 aromatic rings. The van der Waals surface area contributed by atoms with Gasteiger partial charge in [-0.15, -0.1) is 4.91 Å². The van der Waals surface area contributed by atoms with Crippen LogP contribution in [0, 0.1) is 16.2 Å². The molecule has 96 valence electrons. The van der Waals surface area contributed by atoms with E-state index in [-0.39, 0.29) is 5.69 Å². The van der Waals surface area contributed by atoms with Crippen LogP contribution in [-0.2, 0) is 0 Å². The summed E-state index contributed by atoms with van der Waals surface area (Å²) in [6.45, 7) is 0. The molecule has 0 saturated carbocycles. The maximum atomic E-state index is 10.6. The van der Waals surface area contributed by atoms with Gasteiger partial charge in [-0.3, -0.25) is 0 Å². The number of rotatable bonds is 2. The Kier molecular flexibility index (Phi) is 2.93. The van der Waals surface area contributed by atoms with E-state index < -0.39 is 0 Å². The van der Waals surface area contributed by atoms with Gasteiger partial charge in [0.15, 0.2) is 0 Å². The third-order valence-electron chi connectivity index (χ3n) is 2.92. The Bertz CT molecular complexity index is 863. The van der Waals surface area contributed by atoms with Crippen LogP contribution in [-0.4, -0.2) is 9.97 Å². The van der Waals surface area contributed by atoms with E-state index in [1.807, 2.05) is 0 Å². The second kappa shape index (κ2) is 4.76. The molecule has 0 amide bonds. The lowest BCUT2D eigenvalue weighted by Gasteiger charge is -2.00. The van der Waals surface area contributed by atoms with Gasteiger partial charge in [0.05, 0.1) is 27.7 Å². The van der Waals surface area contributed by atoms with E-state index in [4.69, 9.17) is 16.9 Å². The number of benzene rings is 2. The molecule has 6 heteroatoms. The number of hydrogen-bond acceptors (Lipinski definition) is 4. The topological polar surface area (TPSA) is 81.9 Å². The standard InChI is InChI=1S/C14H7ClN4O/c15-11-3-2-9(19-20)6-10(11)14-17-12-4-1-8(7-16)5-13(12)18-14/h1-6H,(H,17,18). The van der Waals surface area contributed by atoms with E-state index in [0.717, 1.165) is 5.52 Å². The minimum atomic E-state index is 0.280. The van der Waals surface area contributed by atoms with Gasteiger partial charge in [0.25, 0.3) is 0 Å². The summed E-state index contributed by atoms with van der Waals surface area (Å²) in [6.07, 6.45) is 0. The Morgan fingerprint density at radius 2 is 2.10 bits per heavy atom. The van der Waals surface area contributed by atoms with Gasteiger partial charge in [0, 0.05) is 5.56 Å². The molecule has 20 heavy (non-hydrogen) atoms. The minimum Gasteiger partial charge on any atom is -0.338 e. The predicted octanol–water partition coefficient (Wildman–Crippen LogP) is 4.15. The molecule has 0 aliphatic rings. The van der Waals surface area contributed by atoms with E-state index in [2.05, 4.69) is 21.2 Å². The van der Waals surface area contributed by atoms with E-state index in [1.54, 1.807) is 30.3 Å². The highest BCUT2D eigenvalue weighted by Gasteiger charge is 2.10. The van der Waals surface area contributed by atoms with Gasteiger partial charge in [-0.1, -0.05) is 11.6 Å². The number of nitroso groups, excluding NO2 is 1. The van der Waals surface area contributed by atoms with Gasteiger partial charge >= 0.3 is 0 Å². The highest BCUT2D eigenvalue weighted by molar-refractivity contribution is 6.33. The summed E-state index contributed by atoms with van der Waals surface area (Å²) >= 11 is 6.12. The first-order chi connectivity index (χ1) is 9.71. The van der Waals surface area contributed by atoms with E-state index in [1.165, 1.54) is 6.07 Å². The zero-order valence-corrected chi connectivity index (χ0v) is 10.8. The van der Waals surface area contributed by atoms with Crippen molar-refractivity contribution in [3.8, 4) is 17.5 Å². The molecule has 0 bridgehead atoms. The van der Waals surface area contributed by atoms with Gasteiger partial charge < -0.3 is 4.98 Å². The molecule has 0 saturated heterocycles. The monoisotopic (exact) mass is 282 g/mol.